The molecule has 4 aromatic rings. The van der Waals surface area contributed by atoms with Crippen molar-refractivity contribution in [2.75, 3.05) is 27.9 Å². The number of hydrazone groups is 1. The fraction of sp³-hybridized carbons (Fsp3) is 0.233. The zero-order valence-corrected chi connectivity index (χ0v) is 22.5. The van der Waals surface area contributed by atoms with E-state index in [1.165, 1.54) is 27.5 Å². The topological polar surface area (TPSA) is 109 Å². The summed E-state index contributed by atoms with van der Waals surface area (Å²) < 4.78 is 27.4. The monoisotopic (exact) mass is 530 g/mol. The Kier molecular flexibility index (Phi) is 8.50. The number of rotatable bonds is 10. The Labute approximate surface area is 226 Å². The number of nitrogens with zero attached hydrogens (tertiary/aromatic N) is 1. The molecule has 9 nitrogen and oxygen atoms in total. The van der Waals surface area contributed by atoms with E-state index in [1.807, 2.05) is 43.3 Å². The highest BCUT2D eigenvalue weighted by Crippen LogP contribution is 2.37. The van der Waals surface area contributed by atoms with Gasteiger partial charge in [-0.15, -0.1) is 0 Å². The molecule has 0 fully saturated rings. The molecule has 3 aromatic carbocycles. The van der Waals surface area contributed by atoms with Crippen molar-refractivity contribution in [2.24, 2.45) is 5.10 Å². The first kappa shape index (κ1) is 27.3. The molecule has 1 aromatic heterocycles. The van der Waals surface area contributed by atoms with Crippen LogP contribution in [0.2, 0.25) is 0 Å². The Morgan fingerprint density at radius 1 is 0.923 bits per heavy atom. The predicted molar refractivity (Wildman–Crippen MR) is 149 cm³/mol. The minimum atomic E-state index is -0.464. The van der Waals surface area contributed by atoms with E-state index in [2.05, 4.69) is 10.5 Å². The first-order chi connectivity index (χ1) is 18.9. The van der Waals surface area contributed by atoms with Gasteiger partial charge in [0.15, 0.2) is 18.1 Å². The molecule has 0 spiro atoms. The van der Waals surface area contributed by atoms with Gasteiger partial charge in [-0.05, 0) is 49.2 Å². The molecule has 0 saturated carbocycles. The lowest BCUT2D eigenvalue weighted by molar-refractivity contribution is -0.123. The van der Waals surface area contributed by atoms with Crippen LogP contribution in [-0.4, -0.2) is 40.1 Å². The Balaban J connectivity index is 1.45. The number of ether oxygens (including phenoxy) is 4. The second-order valence-corrected chi connectivity index (χ2v) is 8.76. The predicted octanol–water partition coefficient (Wildman–Crippen LogP) is 4.56. The molecule has 0 atom stereocenters. The van der Waals surface area contributed by atoms with Crippen molar-refractivity contribution in [3.05, 3.63) is 92.8 Å². The first-order valence-corrected chi connectivity index (χ1v) is 12.2. The molecule has 0 unspecified atom stereocenters. The second kappa shape index (κ2) is 12.2. The normalized spacial score (nSPS) is 11.0. The van der Waals surface area contributed by atoms with Gasteiger partial charge in [0.2, 0.25) is 5.75 Å². The summed E-state index contributed by atoms with van der Waals surface area (Å²) in [7, 11) is 4.55. The SMILES string of the molecule is COc1cc(/C=N/NC(=O)COc2ccc3c(C)c(Cc4ccccc4)c(=O)oc3c2C)cc(OC)c1OC. The van der Waals surface area contributed by atoms with E-state index in [1.54, 1.807) is 25.1 Å². The lowest BCUT2D eigenvalue weighted by atomic mass is 9.98. The lowest BCUT2D eigenvalue weighted by Crippen LogP contribution is -2.24. The third-order valence-electron chi connectivity index (χ3n) is 6.33. The van der Waals surface area contributed by atoms with Gasteiger partial charge in [-0.2, -0.15) is 5.10 Å². The van der Waals surface area contributed by atoms with Gasteiger partial charge in [-0.25, -0.2) is 10.2 Å². The number of fused-ring (bicyclic) bond motifs is 1. The van der Waals surface area contributed by atoms with Crippen LogP contribution >= 0.6 is 0 Å². The van der Waals surface area contributed by atoms with Gasteiger partial charge >= 0.3 is 5.63 Å². The average Bonchev–Trinajstić information content (AvgIpc) is 2.95. The van der Waals surface area contributed by atoms with Crippen molar-refractivity contribution in [2.45, 2.75) is 20.3 Å². The van der Waals surface area contributed by atoms with E-state index in [0.717, 1.165) is 16.5 Å². The lowest BCUT2D eigenvalue weighted by Gasteiger charge is -2.13. The van der Waals surface area contributed by atoms with Crippen LogP contribution in [0.5, 0.6) is 23.0 Å². The molecule has 0 saturated heterocycles. The maximum Gasteiger partial charge on any atom is 0.340 e. The average molecular weight is 531 g/mol. The number of carbonyl (C=O) groups excluding carboxylic acids is 1. The van der Waals surface area contributed by atoms with Gasteiger partial charge in [0.05, 0.1) is 27.5 Å². The summed E-state index contributed by atoms with van der Waals surface area (Å²) in [5, 5.41) is 4.81. The molecule has 0 aliphatic heterocycles. The van der Waals surface area contributed by atoms with Crippen molar-refractivity contribution >= 4 is 23.1 Å². The summed E-state index contributed by atoms with van der Waals surface area (Å²) in [4.78, 5) is 25.2. The number of benzene rings is 3. The van der Waals surface area contributed by atoms with Gasteiger partial charge in [0.25, 0.3) is 5.91 Å². The highest BCUT2D eigenvalue weighted by atomic mass is 16.5. The van der Waals surface area contributed by atoms with Gasteiger partial charge < -0.3 is 23.4 Å². The number of hydrogen-bond acceptors (Lipinski definition) is 8. The Bertz CT molecular complexity index is 1550. The smallest absolute Gasteiger partial charge is 0.340 e. The maximum atomic E-state index is 12.8. The van der Waals surface area contributed by atoms with Crippen LogP contribution in [0.3, 0.4) is 0 Å². The molecular weight excluding hydrogens is 500 g/mol. The largest absolute Gasteiger partial charge is 0.493 e. The number of amides is 1. The van der Waals surface area contributed by atoms with Crippen LogP contribution < -0.4 is 30.0 Å². The molecule has 9 heteroatoms. The third-order valence-corrected chi connectivity index (χ3v) is 6.33. The van der Waals surface area contributed by atoms with E-state index in [4.69, 9.17) is 23.4 Å². The number of carbonyl (C=O) groups is 1. The molecule has 202 valence electrons. The fourth-order valence-electron chi connectivity index (χ4n) is 4.26. The minimum Gasteiger partial charge on any atom is -0.493 e. The van der Waals surface area contributed by atoms with Gasteiger partial charge in [0, 0.05) is 28.5 Å². The number of nitrogens with one attached hydrogen (secondary N) is 1. The highest BCUT2D eigenvalue weighted by Gasteiger charge is 2.16. The molecule has 0 bridgehead atoms. The van der Waals surface area contributed by atoms with Crippen LogP contribution in [0.1, 0.15) is 27.8 Å². The summed E-state index contributed by atoms with van der Waals surface area (Å²) in [5.41, 5.74) is 6.25. The summed E-state index contributed by atoms with van der Waals surface area (Å²) in [6, 6.07) is 16.8. The van der Waals surface area contributed by atoms with E-state index >= 15 is 0 Å². The van der Waals surface area contributed by atoms with Crippen molar-refractivity contribution in [1.29, 1.82) is 0 Å². The van der Waals surface area contributed by atoms with E-state index in [0.29, 0.717) is 51.7 Å². The van der Waals surface area contributed by atoms with Crippen molar-refractivity contribution in [3.8, 4) is 23.0 Å². The molecule has 0 radical (unpaired) electrons. The Morgan fingerprint density at radius 2 is 1.62 bits per heavy atom. The zero-order valence-electron chi connectivity index (χ0n) is 22.5. The summed E-state index contributed by atoms with van der Waals surface area (Å²) in [6.45, 7) is 3.42. The van der Waals surface area contributed by atoms with Gasteiger partial charge in [-0.3, -0.25) is 4.79 Å². The molecule has 0 aliphatic rings. The minimum absolute atomic E-state index is 0.283. The molecule has 39 heavy (non-hydrogen) atoms. The van der Waals surface area contributed by atoms with Gasteiger partial charge in [-0.1, -0.05) is 30.3 Å². The molecule has 0 aliphatic carbocycles. The van der Waals surface area contributed by atoms with Crippen molar-refractivity contribution in [1.82, 2.24) is 5.43 Å². The highest BCUT2D eigenvalue weighted by molar-refractivity contribution is 5.86. The quantitative estimate of drug-likeness (QED) is 0.182. The number of hydrogen-bond donors (Lipinski definition) is 1. The molecule has 1 N–H and O–H groups in total. The standard InChI is InChI=1S/C30H30N2O7/c1-18-22-11-12-24(19(2)28(22)39-30(34)23(18)13-20-9-7-6-8-10-20)38-17-27(33)32-31-16-21-14-25(35-3)29(37-5)26(15-21)36-4/h6-12,14-16H,13,17H2,1-5H3,(H,32,33)/b31-16+. The van der Waals surface area contributed by atoms with E-state index < -0.39 is 5.91 Å². The molecule has 1 heterocycles. The number of aryl methyl sites for hydroxylation is 2. The second-order valence-electron chi connectivity index (χ2n) is 8.76. The Morgan fingerprint density at radius 3 is 2.26 bits per heavy atom. The Hall–Kier alpha value is -4.79. The van der Waals surface area contributed by atoms with Crippen LogP contribution in [0.25, 0.3) is 11.0 Å². The molecule has 4 rings (SSSR count). The van der Waals surface area contributed by atoms with Crippen LogP contribution in [0.15, 0.2) is 68.9 Å². The first-order valence-electron chi connectivity index (χ1n) is 12.2. The van der Waals surface area contributed by atoms with Gasteiger partial charge in [0.1, 0.15) is 11.3 Å². The van der Waals surface area contributed by atoms with Crippen LogP contribution in [0.4, 0.5) is 0 Å². The molecule has 1 amide bonds. The van der Waals surface area contributed by atoms with Crippen molar-refractivity contribution < 1.29 is 28.2 Å². The zero-order chi connectivity index (χ0) is 27.9. The van der Waals surface area contributed by atoms with Crippen molar-refractivity contribution in [3.63, 3.8) is 0 Å². The summed E-state index contributed by atoms with van der Waals surface area (Å²) in [5.74, 6) is 1.36. The molecular formula is C30H30N2O7. The van der Waals surface area contributed by atoms with E-state index in [9.17, 15) is 9.59 Å². The summed E-state index contributed by atoms with van der Waals surface area (Å²) >= 11 is 0. The maximum absolute atomic E-state index is 12.8. The third kappa shape index (κ3) is 6.04. The van der Waals surface area contributed by atoms with Crippen LogP contribution in [-0.2, 0) is 11.2 Å². The summed E-state index contributed by atoms with van der Waals surface area (Å²) in [6.07, 6.45) is 1.94. The fourth-order valence-corrected chi connectivity index (χ4v) is 4.26. The van der Waals surface area contributed by atoms with E-state index in [-0.39, 0.29) is 12.2 Å². The number of methoxy groups -OCH3 is 3. The van der Waals surface area contributed by atoms with Crippen LogP contribution in [0, 0.1) is 13.8 Å².